The fourth-order valence-electron chi connectivity index (χ4n) is 1.38. The van der Waals surface area contributed by atoms with Crippen molar-refractivity contribution in [1.82, 2.24) is 15.0 Å². The third-order valence-electron chi connectivity index (χ3n) is 2.17. The fraction of sp³-hybridized carbons (Fsp3) is 0.250. The standard InChI is InChI=1S/C12H13ClN4O2/c1-3-18-11-15-10(14)16-12(17-11)19-9-6-7(2)4-5-8(9)13/h4-6H,3H2,1-2H3,(H2,14,15,16,17). The molecule has 0 aliphatic carbocycles. The van der Waals surface area contributed by atoms with Crippen molar-refractivity contribution in [1.29, 1.82) is 0 Å². The highest BCUT2D eigenvalue weighted by Crippen LogP contribution is 2.29. The van der Waals surface area contributed by atoms with E-state index in [-0.39, 0.29) is 18.0 Å². The van der Waals surface area contributed by atoms with Gasteiger partial charge in [-0.15, -0.1) is 4.98 Å². The van der Waals surface area contributed by atoms with Gasteiger partial charge in [0.1, 0.15) is 5.75 Å². The molecule has 0 spiro atoms. The average molecular weight is 281 g/mol. The van der Waals surface area contributed by atoms with Crippen molar-refractivity contribution in [3.05, 3.63) is 28.8 Å². The zero-order valence-corrected chi connectivity index (χ0v) is 11.3. The van der Waals surface area contributed by atoms with Crippen molar-refractivity contribution in [3.8, 4) is 17.8 Å². The lowest BCUT2D eigenvalue weighted by atomic mass is 10.2. The van der Waals surface area contributed by atoms with E-state index < -0.39 is 0 Å². The van der Waals surface area contributed by atoms with Crippen molar-refractivity contribution in [2.24, 2.45) is 0 Å². The minimum absolute atomic E-state index is 0.0252. The van der Waals surface area contributed by atoms with Crippen LogP contribution >= 0.6 is 11.6 Å². The number of hydrogen-bond donors (Lipinski definition) is 1. The highest BCUT2D eigenvalue weighted by atomic mass is 35.5. The first kappa shape index (κ1) is 13.4. The van der Waals surface area contributed by atoms with Crippen LogP contribution < -0.4 is 15.2 Å². The lowest BCUT2D eigenvalue weighted by Crippen LogP contribution is -2.05. The molecular formula is C12H13ClN4O2. The monoisotopic (exact) mass is 280 g/mol. The molecule has 0 radical (unpaired) electrons. The zero-order valence-electron chi connectivity index (χ0n) is 10.6. The Morgan fingerprint density at radius 3 is 2.68 bits per heavy atom. The quantitative estimate of drug-likeness (QED) is 0.927. The van der Waals surface area contributed by atoms with Gasteiger partial charge in [0.05, 0.1) is 11.6 Å². The highest BCUT2D eigenvalue weighted by molar-refractivity contribution is 6.32. The van der Waals surface area contributed by atoms with Gasteiger partial charge >= 0.3 is 12.0 Å². The topological polar surface area (TPSA) is 83.2 Å². The Morgan fingerprint density at radius 1 is 1.21 bits per heavy atom. The first-order valence-electron chi connectivity index (χ1n) is 5.67. The summed E-state index contributed by atoms with van der Waals surface area (Å²) in [4.78, 5) is 11.7. The van der Waals surface area contributed by atoms with Crippen molar-refractivity contribution >= 4 is 17.5 Å². The van der Waals surface area contributed by atoms with Crippen LogP contribution in [-0.4, -0.2) is 21.6 Å². The molecule has 0 saturated carbocycles. The van der Waals surface area contributed by atoms with Crippen LogP contribution in [0, 0.1) is 6.92 Å². The summed E-state index contributed by atoms with van der Waals surface area (Å²) in [5.74, 6) is 0.479. The first-order chi connectivity index (χ1) is 9.08. The third kappa shape index (κ3) is 3.45. The maximum Gasteiger partial charge on any atom is 0.330 e. The van der Waals surface area contributed by atoms with Crippen LogP contribution in [0.15, 0.2) is 18.2 Å². The van der Waals surface area contributed by atoms with E-state index in [0.717, 1.165) is 5.56 Å². The number of nitrogens with zero attached hydrogens (tertiary/aromatic N) is 3. The van der Waals surface area contributed by atoms with Gasteiger partial charge in [0, 0.05) is 0 Å². The molecule has 2 N–H and O–H groups in total. The predicted molar refractivity (Wildman–Crippen MR) is 71.7 cm³/mol. The van der Waals surface area contributed by atoms with E-state index in [0.29, 0.717) is 17.4 Å². The summed E-state index contributed by atoms with van der Waals surface area (Å²) in [6.07, 6.45) is 0. The minimum Gasteiger partial charge on any atom is -0.464 e. The number of anilines is 1. The summed E-state index contributed by atoms with van der Waals surface area (Å²) in [6, 6.07) is 5.56. The Hall–Kier alpha value is -2.08. The molecule has 0 saturated heterocycles. The second kappa shape index (κ2) is 5.71. The smallest absolute Gasteiger partial charge is 0.330 e. The van der Waals surface area contributed by atoms with Crippen molar-refractivity contribution < 1.29 is 9.47 Å². The molecule has 0 bridgehead atoms. The Balaban J connectivity index is 2.29. The van der Waals surface area contributed by atoms with E-state index in [9.17, 15) is 0 Å². The molecule has 6 nitrogen and oxygen atoms in total. The van der Waals surface area contributed by atoms with Gasteiger partial charge in [0.2, 0.25) is 5.95 Å². The van der Waals surface area contributed by atoms with Gasteiger partial charge < -0.3 is 15.2 Å². The number of nitrogen functional groups attached to an aromatic ring is 1. The minimum atomic E-state index is 0.0252. The lowest BCUT2D eigenvalue weighted by molar-refractivity contribution is 0.304. The molecule has 2 aromatic rings. The number of aryl methyl sites for hydroxylation is 1. The second-order valence-corrected chi connectivity index (χ2v) is 4.13. The molecule has 0 fully saturated rings. The van der Waals surface area contributed by atoms with E-state index in [4.69, 9.17) is 26.8 Å². The molecule has 1 heterocycles. The number of benzene rings is 1. The number of aromatic nitrogens is 3. The second-order valence-electron chi connectivity index (χ2n) is 3.73. The van der Waals surface area contributed by atoms with Gasteiger partial charge in [0.15, 0.2) is 0 Å². The fourth-order valence-corrected chi connectivity index (χ4v) is 1.54. The SMILES string of the molecule is CCOc1nc(N)nc(Oc2cc(C)ccc2Cl)n1. The first-order valence-corrected chi connectivity index (χ1v) is 6.04. The van der Waals surface area contributed by atoms with Crippen LogP contribution in [0.1, 0.15) is 12.5 Å². The van der Waals surface area contributed by atoms with Crippen LogP contribution in [0.25, 0.3) is 0 Å². The number of ether oxygens (including phenoxy) is 2. The molecule has 100 valence electrons. The highest BCUT2D eigenvalue weighted by Gasteiger charge is 2.09. The molecule has 0 amide bonds. The summed E-state index contributed by atoms with van der Waals surface area (Å²) in [7, 11) is 0. The van der Waals surface area contributed by atoms with Crippen LogP contribution in [0.4, 0.5) is 5.95 Å². The third-order valence-corrected chi connectivity index (χ3v) is 2.49. The van der Waals surface area contributed by atoms with Crippen molar-refractivity contribution in [3.63, 3.8) is 0 Å². The maximum atomic E-state index is 6.03. The summed E-state index contributed by atoms with van der Waals surface area (Å²) >= 11 is 6.03. The largest absolute Gasteiger partial charge is 0.464 e. The number of halogens is 1. The molecule has 0 atom stereocenters. The maximum absolute atomic E-state index is 6.03. The van der Waals surface area contributed by atoms with E-state index in [1.54, 1.807) is 12.1 Å². The molecule has 1 aromatic heterocycles. The van der Waals surface area contributed by atoms with E-state index in [1.165, 1.54) is 0 Å². The Kier molecular flexibility index (Phi) is 4.01. The molecular weight excluding hydrogens is 268 g/mol. The van der Waals surface area contributed by atoms with E-state index in [1.807, 2.05) is 19.9 Å². The van der Waals surface area contributed by atoms with E-state index in [2.05, 4.69) is 15.0 Å². The molecule has 19 heavy (non-hydrogen) atoms. The normalized spacial score (nSPS) is 10.3. The van der Waals surface area contributed by atoms with Gasteiger partial charge in [0.25, 0.3) is 0 Å². The Bertz CT molecular complexity index is 592. The molecule has 0 aliphatic heterocycles. The van der Waals surface area contributed by atoms with Crippen LogP contribution in [0.2, 0.25) is 5.02 Å². The van der Waals surface area contributed by atoms with Crippen LogP contribution in [0.5, 0.6) is 17.8 Å². The summed E-state index contributed by atoms with van der Waals surface area (Å²) in [6.45, 7) is 4.17. The van der Waals surface area contributed by atoms with Crippen molar-refractivity contribution in [2.75, 3.05) is 12.3 Å². The van der Waals surface area contributed by atoms with Gasteiger partial charge in [-0.1, -0.05) is 17.7 Å². The summed E-state index contributed by atoms with van der Waals surface area (Å²) in [5.41, 5.74) is 6.56. The molecule has 0 unspecified atom stereocenters. The summed E-state index contributed by atoms with van der Waals surface area (Å²) < 4.78 is 10.7. The predicted octanol–water partition coefficient (Wildman–Crippen LogP) is 2.61. The molecule has 0 aliphatic rings. The van der Waals surface area contributed by atoms with Gasteiger partial charge in [-0.2, -0.15) is 9.97 Å². The summed E-state index contributed by atoms with van der Waals surface area (Å²) in [5, 5.41) is 0.461. The average Bonchev–Trinajstić information content (AvgIpc) is 2.33. The van der Waals surface area contributed by atoms with E-state index >= 15 is 0 Å². The number of rotatable bonds is 4. The Labute approximate surface area is 115 Å². The Morgan fingerprint density at radius 2 is 1.95 bits per heavy atom. The van der Waals surface area contributed by atoms with Crippen LogP contribution in [-0.2, 0) is 0 Å². The molecule has 7 heteroatoms. The van der Waals surface area contributed by atoms with Gasteiger partial charge in [-0.3, -0.25) is 0 Å². The number of nitrogens with two attached hydrogens (primary N) is 1. The lowest BCUT2D eigenvalue weighted by Gasteiger charge is -2.08. The van der Waals surface area contributed by atoms with Gasteiger partial charge in [-0.05, 0) is 31.5 Å². The number of hydrogen-bond acceptors (Lipinski definition) is 6. The molecule has 2 rings (SSSR count). The zero-order chi connectivity index (χ0) is 13.8. The van der Waals surface area contributed by atoms with Crippen molar-refractivity contribution in [2.45, 2.75) is 13.8 Å². The molecule has 1 aromatic carbocycles. The van der Waals surface area contributed by atoms with Crippen LogP contribution in [0.3, 0.4) is 0 Å². The van der Waals surface area contributed by atoms with Gasteiger partial charge in [-0.25, -0.2) is 0 Å².